The largest absolute Gasteiger partial charge is 0.416 e. The van der Waals surface area contributed by atoms with Crippen molar-refractivity contribution < 1.29 is 26.4 Å². The van der Waals surface area contributed by atoms with Crippen molar-refractivity contribution in [2.75, 3.05) is 24.2 Å². The Kier molecular flexibility index (Phi) is 5.54. The highest BCUT2D eigenvalue weighted by atomic mass is 32.2. The molecule has 9 heteroatoms. The third-order valence-electron chi connectivity index (χ3n) is 3.97. The topological polar surface area (TPSA) is 66.5 Å². The molecule has 134 valence electrons. The fourth-order valence-electron chi connectivity index (χ4n) is 2.61. The van der Waals surface area contributed by atoms with Crippen LogP contribution in [0.5, 0.6) is 0 Å². The fraction of sp³-hybridized carbons (Fsp3) is 0.533. The Morgan fingerprint density at radius 3 is 2.71 bits per heavy atom. The normalized spacial score (nSPS) is 19.9. The summed E-state index contributed by atoms with van der Waals surface area (Å²) in [5.74, 6) is -1.09. The molecule has 1 N–H and O–H groups in total. The predicted molar refractivity (Wildman–Crippen MR) is 83.8 cm³/mol. The standard InChI is InChI=1S/C15H19F3N2O3S/c1-2-24(22,23)20-8-4-5-11(10-20)14(21)19-13-7-3-6-12(9-13)15(16,17)18/h3,6-7,9,11H,2,4-5,8,10H2,1H3,(H,19,21)/t11-/m0/s1. The maximum absolute atomic E-state index is 12.7. The van der Waals surface area contributed by atoms with Crippen LogP contribution in [0.3, 0.4) is 0 Å². The summed E-state index contributed by atoms with van der Waals surface area (Å²) in [5, 5.41) is 2.45. The molecule has 0 aromatic heterocycles. The van der Waals surface area contributed by atoms with E-state index in [1.54, 1.807) is 0 Å². The Bertz CT molecular complexity index is 704. The van der Waals surface area contributed by atoms with Crippen LogP contribution in [0.2, 0.25) is 0 Å². The van der Waals surface area contributed by atoms with E-state index in [1.807, 2.05) is 0 Å². The molecule has 1 aromatic rings. The molecule has 0 aliphatic carbocycles. The molecule has 0 radical (unpaired) electrons. The monoisotopic (exact) mass is 364 g/mol. The van der Waals surface area contributed by atoms with E-state index in [9.17, 15) is 26.4 Å². The lowest BCUT2D eigenvalue weighted by Gasteiger charge is -2.30. The van der Waals surface area contributed by atoms with Gasteiger partial charge in [0.25, 0.3) is 0 Å². The van der Waals surface area contributed by atoms with E-state index in [0.29, 0.717) is 19.4 Å². The van der Waals surface area contributed by atoms with Crippen molar-refractivity contribution >= 4 is 21.6 Å². The molecular formula is C15H19F3N2O3S. The lowest BCUT2D eigenvalue weighted by Crippen LogP contribution is -2.44. The van der Waals surface area contributed by atoms with Gasteiger partial charge in [0, 0.05) is 18.8 Å². The minimum Gasteiger partial charge on any atom is -0.326 e. The number of rotatable bonds is 4. The number of nitrogens with zero attached hydrogens (tertiary/aromatic N) is 1. The molecule has 1 atom stereocenters. The summed E-state index contributed by atoms with van der Waals surface area (Å²) in [4.78, 5) is 12.3. The molecular weight excluding hydrogens is 345 g/mol. The van der Waals surface area contributed by atoms with Crippen molar-refractivity contribution in [1.29, 1.82) is 0 Å². The number of hydrogen-bond acceptors (Lipinski definition) is 3. The number of halogens is 3. The van der Waals surface area contributed by atoms with Gasteiger partial charge in [-0.25, -0.2) is 12.7 Å². The summed E-state index contributed by atoms with van der Waals surface area (Å²) in [6, 6.07) is 4.37. The molecule has 1 saturated heterocycles. The molecule has 24 heavy (non-hydrogen) atoms. The number of amides is 1. The van der Waals surface area contributed by atoms with Gasteiger partial charge in [-0.2, -0.15) is 13.2 Å². The first-order valence-corrected chi connectivity index (χ1v) is 9.20. The van der Waals surface area contributed by atoms with Crippen molar-refractivity contribution in [3.63, 3.8) is 0 Å². The zero-order valence-electron chi connectivity index (χ0n) is 13.1. The van der Waals surface area contributed by atoms with E-state index in [-0.39, 0.29) is 18.0 Å². The third kappa shape index (κ3) is 4.47. The average Bonchev–Trinajstić information content (AvgIpc) is 2.54. The molecule has 1 aliphatic rings. The molecule has 5 nitrogen and oxygen atoms in total. The maximum Gasteiger partial charge on any atom is 0.416 e. The second-order valence-electron chi connectivity index (χ2n) is 5.67. The highest BCUT2D eigenvalue weighted by molar-refractivity contribution is 7.89. The van der Waals surface area contributed by atoms with Gasteiger partial charge < -0.3 is 5.32 Å². The van der Waals surface area contributed by atoms with Gasteiger partial charge >= 0.3 is 6.18 Å². The van der Waals surface area contributed by atoms with Crippen molar-refractivity contribution in [3.8, 4) is 0 Å². The molecule has 1 heterocycles. The SMILES string of the molecule is CCS(=O)(=O)N1CCC[C@H](C(=O)Nc2cccc(C(F)(F)F)c2)C1. The van der Waals surface area contributed by atoms with E-state index in [2.05, 4.69) is 5.32 Å². The predicted octanol–water partition coefficient (Wildman–Crippen LogP) is 2.71. The van der Waals surface area contributed by atoms with Crippen LogP contribution in [-0.4, -0.2) is 37.5 Å². The fourth-order valence-corrected chi connectivity index (χ4v) is 3.79. The minimum atomic E-state index is -4.49. The Hall–Kier alpha value is -1.61. The van der Waals surface area contributed by atoms with Crippen LogP contribution in [0.25, 0.3) is 0 Å². The molecule has 1 aromatic carbocycles. The zero-order chi connectivity index (χ0) is 18.0. The summed E-state index contributed by atoms with van der Waals surface area (Å²) < 4.78 is 63.2. The number of anilines is 1. The highest BCUT2D eigenvalue weighted by Gasteiger charge is 2.33. The minimum absolute atomic E-state index is 0.0466. The Labute approximate surface area is 138 Å². The first-order chi connectivity index (χ1) is 11.1. The summed E-state index contributed by atoms with van der Waals surface area (Å²) >= 11 is 0. The molecule has 2 rings (SSSR count). The summed E-state index contributed by atoms with van der Waals surface area (Å²) in [6.07, 6.45) is -3.45. The average molecular weight is 364 g/mol. The van der Waals surface area contributed by atoms with Gasteiger partial charge in [-0.1, -0.05) is 6.07 Å². The van der Waals surface area contributed by atoms with E-state index in [0.717, 1.165) is 12.1 Å². The lowest BCUT2D eigenvalue weighted by atomic mass is 9.98. The lowest BCUT2D eigenvalue weighted by molar-refractivity contribution is -0.137. The number of carbonyl (C=O) groups excluding carboxylic acids is 1. The van der Waals surface area contributed by atoms with Gasteiger partial charge in [0.15, 0.2) is 0 Å². The van der Waals surface area contributed by atoms with Crippen LogP contribution < -0.4 is 5.32 Å². The van der Waals surface area contributed by atoms with Crippen LogP contribution in [-0.2, 0) is 21.0 Å². The van der Waals surface area contributed by atoms with Gasteiger partial charge in [-0.05, 0) is 38.0 Å². The number of carbonyl (C=O) groups is 1. The van der Waals surface area contributed by atoms with Gasteiger partial charge in [-0.3, -0.25) is 4.79 Å². The summed E-state index contributed by atoms with van der Waals surface area (Å²) in [6.45, 7) is 1.95. The molecule has 0 spiro atoms. The first kappa shape index (κ1) is 18.7. The number of hydrogen-bond donors (Lipinski definition) is 1. The van der Waals surface area contributed by atoms with E-state index >= 15 is 0 Å². The number of alkyl halides is 3. The van der Waals surface area contributed by atoms with Gasteiger partial charge in [0.05, 0.1) is 17.2 Å². The first-order valence-electron chi connectivity index (χ1n) is 7.59. The molecule has 1 amide bonds. The third-order valence-corrected chi connectivity index (χ3v) is 5.82. The number of piperidine rings is 1. The van der Waals surface area contributed by atoms with Crippen molar-refractivity contribution in [2.24, 2.45) is 5.92 Å². The molecule has 1 aliphatic heterocycles. The molecule has 0 bridgehead atoms. The summed E-state index contributed by atoms with van der Waals surface area (Å²) in [5.41, 5.74) is -0.801. The number of benzene rings is 1. The molecule has 0 saturated carbocycles. The second-order valence-corrected chi connectivity index (χ2v) is 7.92. The quantitative estimate of drug-likeness (QED) is 0.893. The number of nitrogens with one attached hydrogen (secondary N) is 1. The van der Waals surface area contributed by atoms with E-state index in [4.69, 9.17) is 0 Å². The Morgan fingerprint density at radius 1 is 1.38 bits per heavy atom. The zero-order valence-corrected chi connectivity index (χ0v) is 14.0. The van der Waals surface area contributed by atoms with Crippen LogP contribution in [0.1, 0.15) is 25.3 Å². The van der Waals surface area contributed by atoms with Crippen molar-refractivity contribution in [1.82, 2.24) is 4.31 Å². The maximum atomic E-state index is 12.7. The van der Waals surface area contributed by atoms with Crippen LogP contribution in [0.4, 0.5) is 18.9 Å². The smallest absolute Gasteiger partial charge is 0.326 e. The van der Waals surface area contributed by atoms with E-state index < -0.39 is 33.6 Å². The Morgan fingerprint density at radius 2 is 2.08 bits per heavy atom. The second kappa shape index (κ2) is 7.10. The van der Waals surface area contributed by atoms with Gasteiger partial charge in [0.2, 0.25) is 15.9 Å². The van der Waals surface area contributed by atoms with Crippen LogP contribution in [0, 0.1) is 5.92 Å². The van der Waals surface area contributed by atoms with Crippen LogP contribution in [0.15, 0.2) is 24.3 Å². The van der Waals surface area contributed by atoms with Crippen molar-refractivity contribution in [3.05, 3.63) is 29.8 Å². The molecule has 0 unspecified atom stereocenters. The van der Waals surface area contributed by atoms with Gasteiger partial charge in [-0.15, -0.1) is 0 Å². The Balaban J connectivity index is 2.07. The van der Waals surface area contributed by atoms with Gasteiger partial charge in [0.1, 0.15) is 0 Å². The summed E-state index contributed by atoms with van der Waals surface area (Å²) in [7, 11) is -3.38. The van der Waals surface area contributed by atoms with Crippen LogP contribution >= 0.6 is 0 Å². The van der Waals surface area contributed by atoms with Crippen molar-refractivity contribution in [2.45, 2.75) is 25.9 Å². The van der Waals surface area contributed by atoms with E-state index in [1.165, 1.54) is 23.4 Å². The molecule has 1 fully saturated rings. The number of sulfonamides is 1. The highest BCUT2D eigenvalue weighted by Crippen LogP contribution is 2.31.